The van der Waals surface area contributed by atoms with Gasteiger partial charge in [0.05, 0.1) is 15.2 Å². The van der Waals surface area contributed by atoms with Gasteiger partial charge in [0.1, 0.15) is 5.75 Å². The average Bonchev–Trinajstić information content (AvgIpc) is 2.99. The Balaban J connectivity index is 1.46. The van der Waals surface area contributed by atoms with Gasteiger partial charge in [-0.2, -0.15) is 8.78 Å². The number of alkyl halides is 2. The van der Waals surface area contributed by atoms with E-state index in [9.17, 15) is 13.6 Å². The summed E-state index contributed by atoms with van der Waals surface area (Å²) in [6.07, 6.45) is 1.80. The Labute approximate surface area is 147 Å². The molecule has 25 heavy (non-hydrogen) atoms. The molecule has 0 bridgehead atoms. The van der Waals surface area contributed by atoms with E-state index in [2.05, 4.69) is 15.0 Å². The van der Waals surface area contributed by atoms with E-state index in [0.29, 0.717) is 18.5 Å². The van der Waals surface area contributed by atoms with E-state index in [-0.39, 0.29) is 11.7 Å². The van der Waals surface area contributed by atoms with Crippen LogP contribution in [0.4, 0.5) is 14.5 Å². The first-order valence-corrected chi connectivity index (χ1v) is 8.61. The molecule has 3 aromatic rings. The third kappa shape index (κ3) is 4.96. The number of carbonyl (C=O) groups excluding carboxylic acids is 1. The predicted molar refractivity (Wildman–Crippen MR) is 94.3 cm³/mol. The highest BCUT2D eigenvalue weighted by Gasteiger charge is 2.07. The summed E-state index contributed by atoms with van der Waals surface area (Å²) in [5, 5.41) is 3.75. The van der Waals surface area contributed by atoms with Gasteiger partial charge in [-0.1, -0.05) is 12.1 Å². The van der Waals surface area contributed by atoms with Crippen LogP contribution in [-0.2, 0) is 11.2 Å². The van der Waals surface area contributed by atoms with Crippen molar-refractivity contribution in [1.29, 1.82) is 0 Å². The average molecular weight is 362 g/mol. The lowest BCUT2D eigenvalue weighted by Crippen LogP contribution is -2.11. The Kier molecular flexibility index (Phi) is 5.55. The van der Waals surface area contributed by atoms with E-state index in [1.807, 2.05) is 24.3 Å². The van der Waals surface area contributed by atoms with Gasteiger partial charge in [0.15, 0.2) is 0 Å². The molecule has 0 unspecified atom stereocenters. The second kappa shape index (κ2) is 8.02. The van der Waals surface area contributed by atoms with Gasteiger partial charge < -0.3 is 10.1 Å². The van der Waals surface area contributed by atoms with E-state index < -0.39 is 6.61 Å². The minimum atomic E-state index is -2.86. The number of para-hydroxylation sites is 1. The van der Waals surface area contributed by atoms with Crippen LogP contribution >= 0.6 is 11.3 Å². The number of thiazole rings is 1. The van der Waals surface area contributed by atoms with Gasteiger partial charge in [0, 0.05) is 12.1 Å². The van der Waals surface area contributed by atoms with Gasteiger partial charge in [0.25, 0.3) is 0 Å². The van der Waals surface area contributed by atoms with Crippen LogP contribution in [0.3, 0.4) is 0 Å². The van der Waals surface area contributed by atoms with Gasteiger partial charge in [-0.3, -0.25) is 4.79 Å². The fourth-order valence-corrected chi connectivity index (χ4v) is 3.38. The number of hydrogen-bond donors (Lipinski definition) is 1. The summed E-state index contributed by atoms with van der Waals surface area (Å²) in [4.78, 5) is 16.5. The lowest BCUT2D eigenvalue weighted by molar-refractivity contribution is -0.116. The number of aromatic nitrogens is 1. The predicted octanol–water partition coefficient (Wildman–Crippen LogP) is 4.86. The number of hydrogen-bond acceptors (Lipinski definition) is 4. The fraction of sp³-hybridized carbons (Fsp3) is 0.222. The fourth-order valence-electron chi connectivity index (χ4n) is 2.37. The summed E-state index contributed by atoms with van der Waals surface area (Å²) >= 11 is 1.64. The molecule has 7 heteroatoms. The van der Waals surface area contributed by atoms with Crippen molar-refractivity contribution < 1.29 is 18.3 Å². The normalized spacial score (nSPS) is 11.0. The molecule has 0 spiro atoms. The molecule has 1 heterocycles. The third-order valence-corrected chi connectivity index (χ3v) is 4.59. The molecule has 3 rings (SSSR count). The highest BCUT2D eigenvalue weighted by molar-refractivity contribution is 7.18. The number of amides is 1. The lowest BCUT2D eigenvalue weighted by Gasteiger charge is -2.07. The zero-order valence-corrected chi connectivity index (χ0v) is 14.1. The number of nitrogens with zero attached hydrogens (tertiary/aromatic N) is 1. The molecule has 2 aromatic carbocycles. The van der Waals surface area contributed by atoms with Crippen molar-refractivity contribution in [3.05, 3.63) is 53.5 Å². The molecule has 4 nitrogen and oxygen atoms in total. The SMILES string of the molecule is O=C(CCCc1nc2ccccc2s1)Nc1ccc(OC(F)F)cc1. The third-order valence-electron chi connectivity index (χ3n) is 3.50. The van der Waals surface area contributed by atoms with Crippen LogP contribution in [0.5, 0.6) is 5.75 Å². The maximum atomic E-state index is 12.1. The van der Waals surface area contributed by atoms with Crippen molar-refractivity contribution in [2.45, 2.75) is 25.9 Å². The Morgan fingerprint density at radius 3 is 2.64 bits per heavy atom. The van der Waals surface area contributed by atoms with Gasteiger partial charge >= 0.3 is 6.61 Å². The van der Waals surface area contributed by atoms with Crippen molar-refractivity contribution in [1.82, 2.24) is 4.98 Å². The van der Waals surface area contributed by atoms with Crippen molar-refractivity contribution >= 4 is 33.1 Å². The van der Waals surface area contributed by atoms with Crippen LogP contribution in [0.2, 0.25) is 0 Å². The van der Waals surface area contributed by atoms with Crippen LogP contribution in [-0.4, -0.2) is 17.5 Å². The maximum Gasteiger partial charge on any atom is 0.387 e. The number of ether oxygens (including phenoxy) is 1. The lowest BCUT2D eigenvalue weighted by atomic mass is 10.2. The largest absolute Gasteiger partial charge is 0.435 e. The molecule has 0 fully saturated rings. The van der Waals surface area contributed by atoms with E-state index >= 15 is 0 Å². The number of benzene rings is 2. The molecule has 130 valence electrons. The Morgan fingerprint density at radius 2 is 1.92 bits per heavy atom. The molecule has 0 aliphatic carbocycles. The van der Waals surface area contributed by atoms with E-state index in [4.69, 9.17) is 0 Å². The summed E-state index contributed by atoms with van der Waals surface area (Å²) in [6.45, 7) is -2.86. The molecule has 0 saturated carbocycles. The summed E-state index contributed by atoms with van der Waals surface area (Å²) < 4.78 is 29.6. The topological polar surface area (TPSA) is 51.2 Å². The number of anilines is 1. The van der Waals surface area contributed by atoms with Crippen LogP contribution in [0, 0.1) is 0 Å². The molecule has 1 aromatic heterocycles. The quantitative estimate of drug-likeness (QED) is 0.653. The maximum absolute atomic E-state index is 12.1. The van der Waals surface area contributed by atoms with Crippen molar-refractivity contribution in [2.75, 3.05) is 5.32 Å². The highest BCUT2D eigenvalue weighted by Crippen LogP contribution is 2.23. The molecule has 1 amide bonds. The second-order valence-electron chi connectivity index (χ2n) is 5.38. The van der Waals surface area contributed by atoms with Crippen LogP contribution in [0.1, 0.15) is 17.8 Å². The Morgan fingerprint density at radius 1 is 1.16 bits per heavy atom. The Hall–Kier alpha value is -2.54. The standard InChI is InChI=1S/C18H16F2N2O2S/c19-18(20)24-13-10-8-12(9-11-13)21-16(23)6-3-7-17-22-14-4-1-2-5-15(14)25-17/h1-2,4-5,8-11,18H,3,6-7H2,(H,21,23). The number of aryl methyl sites for hydroxylation is 1. The van der Waals surface area contributed by atoms with Gasteiger partial charge in [-0.05, 0) is 49.2 Å². The van der Waals surface area contributed by atoms with Crippen LogP contribution in [0.25, 0.3) is 10.2 Å². The monoisotopic (exact) mass is 362 g/mol. The molecule has 0 radical (unpaired) electrons. The van der Waals surface area contributed by atoms with E-state index in [0.717, 1.165) is 21.6 Å². The number of rotatable bonds is 7. The molecule has 0 aliphatic rings. The first kappa shape index (κ1) is 17.3. The zero-order valence-electron chi connectivity index (χ0n) is 13.2. The smallest absolute Gasteiger partial charge is 0.387 e. The molecule has 0 aliphatic heterocycles. The van der Waals surface area contributed by atoms with Crippen molar-refractivity contribution in [3.8, 4) is 5.75 Å². The number of nitrogens with one attached hydrogen (secondary N) is 1. The summed E-state index contributed by atoms with van der Waals surface area (Å²) in [6, 6.07) is 13.8. The van der Waals surface area contributed by atoms with Crippen LogP contribution < -0.4 is 10.1 Å². The highest BCUT2D eigenvalue weighted by atomic mass is 32.1. The molecule has 1 N–H and O–H groups in total. The minimum Gasteiger partial charge on any atom is -0.435 e. The van der Waals surface area contributed by atoms with Crippen LogP contribution in [0.15, 0.2) is 48.5 Å². The number of halogens is 2. The summed E-state index contributed by atoms with van der Waals surface area (Å²) in [5.74, 6) is -0.0625. The molecular weight excluding hydrogens is 346 g/mol. The summed E-state index contributed by atoms with van der Waals surface area (Å²) in [7, 11) is 0. The molecule has 0 atom stereocenters. The second-order valence-corrected chi connectivity index (χ2v) is 6.50. The van der Waals surface area contributed by atoms with Crippen molar-refractivity contribution in [2.24, 2.45) is 0 Å². The minimum absolute atomic E-state index is 0.0591. The first-order valence-electron chi connectivity index (χ1n) is 7.79. The molecule has 0 saturated heterocycles. The van der Waals surface area contributed by atoms with Gasteiger partial charge in [-0.15, -0.1) is 11.3 Å². The van der Waals surface area contributed by atoms with Gasteiger partial charge in [0.2, 0.25) is 5.91 Å². The van der Waals surface area contributed by atoms with E-state index in [1.54, 1.807) is 11.3 Å². The summed E-state index contributed by atoms with van der Waals surface area (Å²) in [5.41, 5.74) is 1.53. The van der Waals surface area contributed by atoms with Crippen molar-refractivity contribution in [3.63, 3.8) is 0 Å². The number of fused-ring (bicyclic) bond motifs is 1. The zero-order chi connectivity index (χ0) is 17.6. The number of carbonyl (C=O) groups is 1. The van der Waals surface area contributed by atoms with Gasteiger partial charge in [-0.25, -0.2) is 4.98 Å². The Bertz CT molecular complexity index is 817. The first-order chi connectivity index (χ1) is 12.1. The molecular formula is C18H16F2N2O2S. The van der Waals surface area contributed by atoms with E-state index in [1.165, 1.54) is 24.3 Å².